The number of aliphatic carboxylic acids is 1. The Morgan fingerprint density at radius 2 is 2.10 bits per heavy atom. The van der Waals surface area contributed by atoms with E-state index in [-0.39, 0.29) is 12.3 Å². The SMILES string of the molecule is CN(C)CCNC(CC(=O)Nc1cccc(Cl)c1)C(=O)O. The van der Waals surface area contributed by atoms with Crippen LogP contribution in [0.15, 0.2) is 24.3 Å². The quantitative estimate of drug-likeness (QED) is 0.673. The van der Waals surface area contributed by atoms with E-state index in [0.29, 0.717) is 23.8 Å². The van der Waals surface area contributed by atoms with Crippen molar-refractivity contribution < 1.29 is 14.7 Å². The Labute approximate surface area is 129 Å². The lowest BCUT2D eigenvalue weighted by molar-refractivity contribution is -0.141. The molecule has 1 amide bonds. The Hall–Kier alpha value is -1.63. The number of nitrogens with zero attached hydrogens (tertiary/aromatic N) is 1. The zero-order valence-corrected chi connectivity index (χ0v) is 12.9. The van der Waals surface area contributed by atoms with Crippen molar-refractivity contribution in [3.8, 4) is 0 Å². The third-order valence-electron chi connectivity index (χ3n) is 2.75. The zero-order chi connectivity index (χ0) is 15.8. The number of halogens is 1. The van der Waals surface area contributed by atoms with Crippen molar-refractivity contribution >= 4 is 29.2 Å². The first-order valence-electron chi connectivity index (χ1n) is 6.55. The number of carbonyl (C=O) groups excluding carboxylic acids is 1. The van der Waals surface area contributed by atoms with Gasteiger partial charge in [0.05, 0.1) is 6.42 Å². The van der Waals surface area contributed by atoms with Gasteiger partial charge in [-0.3, -0.25) is 9.59 Å². The van der Waals surface area contributed by atoms with E-state index in [1.807, 2.05) is 19.0 Å². The predicted molar refractivity (Wildman–Crippen MR) is 82.7 cm³/mol. The summed E-state index contributed by atoms with van der Waals surface area (Å²) >= 11 is 5.82. The van der Waals surface area contributed by atoms with Gasteiger partial charge in [-0.15, -0.1) is 0 Å². The Morgan fingerprint density at radius 3 is 2.67 bits per heavy atom. The molecule has 0 saturated carbocycles. The van der Waals surface area contributed by atoms with E-state index < -0.39 is 12.0 Å². The normalized spacial score (nSPS) is 12.2. The smallest absolute Gasteiger partial charge is 0.321 e. The van der Waals surface area contributed by atoms with Crippen molar-refractivity contribution in [1.82, 2.24) is 10.2 Å². The van der Waals surface area contributed by atoms with Crippen molar-refractivity contribution in [3.63, 3.8) is 0 Å². The molecule has 3 N–H and O–H groups in total. The second-order valence-electron chi connectivity index (χ2n) is 4.91. The molecule has 0 aromatic heterocycles. The number of benzene rings is 1. The predicted octanol–water partition coefficient (Wildman–Crippen LogP) is 1.27. The third-order valence-corrected chi connectivity index (χ3v) is 2.98. The molecule has 21 heavy (non-hydrogen) atoms. The molecular weight excluding hydrogens is 294 g/mol. The van der Waals surface area contributed by atoms with Crippen LogP contribution >= 0.6 is 11.6 Å². The molecule has 0 heterocycles. The van der Waals surface area contributed by atoms with Crippen LogP contribution in [0.25, 0.3) is 0 Å². The van der Waals surface area contributed by atoms with Gasteiger partial charge in [0.15, 0.2) is 0 Å². The van der Waals surface area contributed by atoms with Gasteiger partial charge in [0.1, 0.15) is 6.04 Å². The summed E-state index contributed by atoms with van der Waals surface area (Å²) < 4.78 is 0. The van der Waals surface area contributed by atoms with Crippen LogP contribution in [-0.4, -0.2) is 55.1 Å². The van der Waals surface area contributed by atoms with Crippen molar-refractivity contribution in [2.75, 3.05) is 32.5 Å². The number of carboxylic acid groups (broad SMARTS) is 1. The van der Waals surface area contributed by atoms with E-state index in [2.05, 4.69) is 10.6 Å². The van der Waals surface area contributed by atoms with Gasteiger partial charge in [-0.05, 0) is 32.3 Å². The Kier molecular flexibility index (Phi) is 7.14. The summed E-state index contributed by atoms with van der Waals surface area (Å²) in [6.45, 7) is 1.19. The van der Waals surface area contributed by atoms with Gasteiger partial charge in [0.25, 0.3) is 0 Å². The molecule has 0 spiro atoms. The van der Waals surface area contributed by atoms with Crippen LogP contribution in [0, 0.1) is 0 Å². The lowest BCUT2D eigenvalue weighted by Gasteiger charge is -2.16. The van der Waals surface area contributed by atoms with E-state index in [0.717, 1.165) is 0 Å². The monoisotopic (exact) mass is 313 g/mol. The molecule has 6 nitrogen and oxygen atoms in total. The molecule has 1 rings (SSSR count). The first-order chi connectivity index (χ1) is 9.88. The fourth-order valence-electron chi connectivity index (χ4n) is 1.67. The minimum Gasteiger partial charge on any atom is -0.480 e. The van der Waals surface area contributed by atoms with Crippen LogP contribution in [0.4, 0.5) is 5.69 Å². The Morgan fingerprint density at radius 1 is 1.38 bits per heavy atom. The van der Waals surface area contributed by atoms with E-state index in [4.69, 9.17) is 16.7 Å². The minimum atomic E-state index is -1.05. The Balaban J connectivity index is 2.50. The lowest BCUT2D eigenvalue weighted by atomic mass is 10.2. The standard InChI is InChI=1S/C14H20ClN3O3/c1-18(2)7-6-16-12(14(20)21)9-13(19)17-11-5-3-4-10(15)8-11/h3-5,8,12,16H,6-7,9H2,1-2H3,(H,17,19)(H,20,21). The van der Waals surface area contributed by atoms with Gasteiger partial charge in [-0.25, -0.2) is 0 Å². The second kappa shape index (κ2) is 8.61. The van der Waals surface area contributed by atoms with Crippen LogP contribution in [0.3, 0.4) is 0 Å². The molecule has 0 aliphatic carbocycles. The lowest BCUT2D eigenvalue weighted by Crippen LogP contribution is -2.42. The van der Waals surface area contributed by atoms with Gasteiger partial charge in [0, 0.05) is 23.8 Å². The van der Waals surface area contributed by atoms with E-state index in [1.165, 1.54) is 0 Å². The molecular formula is C14H20ClN3O3. The number of nitrogens with one attached hydrogen (secondary N) is 2. The maximum atomic E-state index is 11.9. The van der Waals surface area contributed by atoms with Crippen LogP contribution < -0.4 is 10.6 Å². The molecule has 1 aromatic rings. The van der Waals surface area contributed by atoms with Crippen molar-refractivity contribution in [3.05, 3.63) is 29.3 Å². The van der Waals surface area contributed by atoms with Gasteiger partial charge >= 0.3 is 5.97 Å². The molecule has 0 saturated heterocycles. The molecule has 0 aliphatic rings. The van der Waals surface area contributed by atoms with Crippen LogP contribution in [0.2, 0.25) is 5.02 Å². The summed E-state index contributed by atoms with van der Waals surface area (Å²) in [4.78, 5) is 24.9. The molecule has 1 unspecified atom stereocenters. The summed E-state index contributed by atoms with van der Waals surface area (Å²) in [6, 6.07) is 5.79. The molecule has 1 atom stereocenters. The number of hydrogen-bond acceptors (Lipinski definition) is 4. The molecule has 0 aliphatic heterocycles. The molecule has 0 bridgehead atoms. The van der Waals surface area contributed by atoms with E-state index >= 15 is 0 Å². The fourth-order valence-corrected chi connectivity index (χ4v) is 1.86. The molecule has 0 radical (unpaired) electrons. The van der Waals surface area contributed by atoms with Gasteiger partial charge < -0.3 is 20.6 Å². The number of amides is 1. The highest BCUT2D eigenvalue weighted by molar-refractivity contribution is 6.30. The minimum absolute atomic E-state index is 0.144. The van der Waals surface area contributed by atoms with Crippen LogP contribution in [0.5, 0.6) is 0 Å². The van der Waals surface area contributed by atoms with Crippen LogP contribution in [-0.2, 0) is 9.59 Å². The largest absolute Gasteiger partial charge is 0.480 e. The topological polar surface area (TPSA) is 81.7 Å². The number of carbonyl (C=O) groups is 2. The highest BCUT2D eigenvalue weighted by Crippen LogP contribution is 2.15. The number of hydrogen-bond donors (Lipinski definition) is 3. The number of likely N-dealkylation sites (N-methyl/N-ethyl adjacent to an activating group) is 1. The number of rotatable bonds is 8. The summed E-state index contributed by atoms with van der Waals surface area (Å²) in [5.74, 6) is -1.42. The summed E-state index contributed by atoms with van der Waals surface area (Å²) in [7, 11) is 3.78. The first kappa shape index (κ1) is 17.4. The van der Waals surface area contributed by atoms with E-state index in [9.17, 15) is 9.59 Å². The second-order valence-corrected chi connectivity index (χ2v) is 5.35. The van der Waals surface area contributed by atoms with Gasteiger partial charge in [-0.2, -0.15) is 0 Å². The highest BCUT2D eigenvalue weighted by atomic mass is 35.5. The average Bonchev–Trinajstić information content (AvgIpc) is 2.36. The summed E-state index contributed by atoms with van der Waals surface area (Å²) in [5, 5.41) is 15.1. The Bertz CT molecular complexity index is 494. The molecule has 7 heteroatoms. The maximum absolute atomic E-state index is 11.9. The highest BCUT2D eigenvalue weighted by Gasteiger charge is 2.20. The third kappa shape index (κ3) is 7.08. The number of carboxylic acids is 1. The van der Waals surface area contributed by atoms with Crippen LogP contribution in [0.1, 0.15) is 6.42 Å². The summed E-state index contributed by atoms with van der Waals surface area (Å²) in [5.41, 5.74) is 0.546. The van der Waals surface area contributed by atoms with Gasteiger partial charge in [-0.1, -0.05) is 17.7 Å². The van der Waals surface area contributed by atoms with Crippen molar-refractivity contribution in [2.24, 2.45) is 0 Å². The van der Waals surface area contributed by atoms with Gasteiger partial charge in [0.2, 0.25) is 5.91 Å². The van der Waals surface area contributed by atoms with Crippen molar-refractivity contribution in [1.29, 1.82) is 0 Å². The molecule has 0 fully saturated rings. The fraction of sp³-hybridized carbons (Fsp3) is 0.429. The van der Waals surface area contributed by atoms with E-state index in [1.54, 1.807) is 24.3 Å². The molecule has 116 valence electrons. The molecule has 1 aromatic carbocycles. The summed E-state index contributed by atoms with van der Waals surface area (Å²) in [6.07, 6.45) is -0.144. The average molecular weight is 314 g/mol. The van der Waals surface area contributed by atoms with Crippen molar-refractivity contribution in [2.45, 2.75) is 12.5 Å². The zero-order valence-electron chi connectivity index (χ0n) is 12.1. The number of anilines is 1. The first-order valence-corrected chi connectivity index (χ1v) is 6.92. The maximum Gasteiger partial charge on any atom is 0.321 e.